The van der Waals surface area contributed by atoms with Gasteiger partial charge < -0.3 is 14.8 Å². The first-order chi connectivity index (χ1) is 14.0. The van der Waals surface area contributed by atoms with Gasteiger partial charge >= 0.3 is 0 Å². The van der Waals surface area contributed by atoms with Gasteiger partial charge in [-0.1, -0.05) is 53.0 Å². The summed E-state index contributed by atoms with van der Waals surface area (Å²) in [5.74, 6) is 1.30. The molecule has 0 aliphatic rings. The smallest absolute Gasteiger partial charge is 0.175 e. The largest absolute Gasteiger partial charge is 0.490 e. The SMILES string of the molecule is CCOc1cc(CNc2ccc(Cl)cc2Cl)cc(Br)c1OCc1ccccc1Cl. The summed E-state index contributed by atoms with van der Waals surface area (Å²) in [5, 5.41) is 5.15. The summed E-state index contributed by atoms with van der Waals surface area (Å²) in [7, 11) is 0. The lowest BCUT2D eigenvalue weighted by Gasteiger charge is -2.17. The van der Waals surface area contributed by atoms with Gasteiger partial charge in [-0.15, -0.1) is 0 Å². The van der Waals surface area contributed by atoms with Crippen LogP contribution in [0.15, 0.2) is 59.1 Å². The van der Waals surface area contributed by atoms with E-state index in [0.717, 1.165) is 21.3 Å². The Bertz CT molecular complexity index is 998. The van der Waals surface area contributed by atoms with Gasteiger partial charge in [-0.2, -0.15) is 0 Å². The van der Waals surface area contributed by atoms with Crippen LogP contribution in [0.5, 0.6) is 11.5 Å². The first-order valence-corrected chi connectivity index (χ1v) is 10.9. The van der Waals surface area contributed by atoms with Gasteiger partial charge in [0.15, 0.2) is 11.5 Å². The van der Waals surface area contributed by atoms with E-state index in [4.69, 9.17) is 44.3 Å². The molecule has 3 rings (SSSR count). The number of rotatable bonds is 8. The molecular formula is C22H19BrCl3NO2. The summed E-state index contributed by atoms with van der Waals surface area (Å²) < 4.78 is 12.6. The third-order valence-corrected chi connectivity index (χ3v) is 5.62. The molecule has 0 heterocycles. The number of hydrogen-bond donors (Lipinski definition) is 1. The molecule has 29 heavy (non-hydrogen) atoms. The van der Waals surface area contributed by atoms with Crippen molar-refractivity contribution in [3.8, 4) is 11.5 Å². The second kappa shape index (κ2) is 10.4. The topological polar surface area (TPSA) is 30.5 Å². The van der Waals surface area contributed by atoms with Gasteiger partial charge in [-0.25, -0.2) is 0 Å². The van der Waals surface area contributed by atoms with Crippen LogP contribution in [0.2, 0.25) is 15.1 Å². The Morgan fingerprint density at radius 3 is 2.45 bits per heavy atom. The van der Waals surface area contributed by atoms with Crippen LogP contribution in [-0.2, 0) is 13.2 Å². The van der Waals surface area contributed by atoms with E-state index in [9.17, 15) is 0 Å². The number of anilines is 1. The minimum Gasteiger partial charge on any atom is -0.490 e. The highest BCUT2D eigenvalue weighted by Crippen LogP contribution is 2.38. The van der Waals surface area contributed by atoms with Crippen molar-refractivity contribution in [2.24, 2.45) is 0 Å². The van der Waals surface area contributed by atoms with Crippen LogP contribution < -0.4 is 14.8 Å². The molecular weight excluding hydrogens is 497 g/mol. The second-order valence-corrected chi connectivity index (χ2v) is 8.30. The predicted octanol–water partition coefficient (Wildman–Crippen LogP) is 8.00. The molecule has 0 aromatic heterocycles. The standard InChI is InChI=1S/C22H19BrCl3NO2/c1-2-28-21-10-14(12-27-20-8-7-16(24)11-19(20)26)9-17(23)22(21)29-13-15-5-3-4-6-18(15)25/h3-11,27H,2,12-13H2,1H3. The molecule has 0 unspecified atom stereocenters. The molecule has 0 atom stereocenters. The van der Waals surface area contributed by atoms with Crippen LogP contribution in [0.25, 0.3) is 0 Å². The van der Waals surface area contributed by atoms with Crippen molar-refractivity contribution in [1.29, 1.82) is 0 Å². The van der Waals surface area contributed by atoms with Gasteiger partial charge in [0.25, 0.3) is 0 Å². The zero-order valence-corrected chi connectivity index (χ0v) is 19.5. The Balaban J connectivity index is 1.77. The van der Waals surface area contributed by atoms with E-state index >= 15 is 0 Å². The molecule has 0 fully saturated rings. The molecule has 3 nitrogen and oxygen atoms in total. The molecule has 0 radical (unpaired) electrons. The van der Waals surface area contributed by atoms with E-state index in [1.165, 1.54) is 0 Å². The molecule has 3 aromatic carbocycles. The summed E-state index contributed by atoms with van der Waals surface area (Å²) in [5.41, 5.74) is 2.73. The normalized spacial score (nSPS) is 10.7. The van der Waals surface area contributed by atoms with E-state index in [0.29, 0.717) is 46.3 Å². The summed E-state index contributed by atoms with van der Waals surface area (Å²) in [6.45, 7) is 3.36. The maximum atomic E-state index is 6.23. The number of benzene rings is 3. The zero-order valence-electron chi connectivity index (χ0n) is 15.6. The minimum absolute atomic E-state index is 0.344. The third-order valence-electron chi connectivity index (χ3n) is 4.11. The molecule has 0 saturated carbocycles. The summed E-state index contributed by atoms with van der Waals surface area (Å²) in [6.07, 6.45) is 0. The second-order valence-electron chi connectivity index (χ2n) is 6.20. The van der Waals surface area contributed by atoms with Gasteiger partial charge in [0.2, 0.25) is 0 Å². The lowest BCUT2D eigenvalue weighted by atomic mass is 10.2. The summed E-state index contributed by atoms with van der Waals surface area (Å²) in [6, 6.07) is 16.9. The molecule has 0 spiro atoms. The summed E-state index contributed by atoms with van der Waals surface area (Å²) >= 11 is 22.0. The predicted molar refractivity (Wildman–Crippen MR) is 125 cm³/mol. The quantitative estimate of drug-likeness (QED) is 0.330. The minimum atomic E-state index is 0.344. The average Bonchev–Trinajstić information content (AvgIpc) is 2.68. The number of hydrogen-bond acceptors (Lipinski definition) is 3. The number of nitrogens with one attached hydrogen (secondary N) is 1. The van der Waals surface area contributed by atoms with Gasteiger partial charge in [-0.05, 0) is 64.8 Å². The molecule has 7 heteroatoms. The van der Waals surface area contributed by atoms with Gasteiger partial charge in [0.05, 0.1) is 21.8 Å². The third kappa shape index (κ3) is 5.95. The fraction of sp³-hybridized carbons (Fsp3) is 0.182. The molecule has 0 amide bonds. The van der Waals surface area contributed by atoms with Crippen LogP contribution >= 0.6 is 50.7 Å². The number of halogens is 4. The van der Waals surface area contributed by atoms with Gasteiger partial charge in [0.1, 0.15) is 6.61 Å². The van der Waals surface area contributed by atoms with Crippen LogP contribution in [0.1, 0.15) is 18.1 Å². The maximum Gasteiger partial charge on any atom is 0.175 e. The van der Waals surface area contributed by atoms with Crippen molar-refractivity contribution in [2.45, 2.75) is 20.1 Å². The Labute approximate surface area is 194 Å². The number of ether oxygens (including phenoxy) is 2. The Kier molecular flexibility index (Phi) is 7.96. The van der Waals surface area contributed by atoms with Crippen molar-refractivity contribution >= 4 is 56.4 Å². The Morgan fingerprint density at radius 2 is 1.72 bits per heavy atom. The highest BCUT2D eigenvalue weighted by Gasteiger charge is 2.14. The lowest BCUT2D eigenvalue weighted by Crippen LogP contribution is -2.04. The van der Waals surface area contributed by atoms with Crippen molar-refractivity contribution in [1.82, 2.24) is 0 Å². The molecule has 1 N–H and O–H groups in total. The molecule has 0 aliphatic heterocycles. The molecule has 0 saturated heterocycles. The molecule has 3 aromatic rings. The Morgan fingerprint density at radius 1 is 0.931 bits per heavy atom. The van der Waals surface area contributed by atoms with E-state index in [-0.39, 0.29) is 0 Å². The molecule has 0 bridgehead atoms. The maximum absolute atomic E-state index is 6.23. The van der Waals surface area contributed by atoms with Crippen LogP contribution in [-0.4, -0.2) is 6.61 Å². The summed E-state index contributed by atoms with van der Waals surface area (Å²) in [4.78, 5) is 0. The highest BCUT2D eigenvalue weighted by atomic mass is 79.9. The highest BCUT2D eigenvalue weighted by molar-refractivity contribution is 9.10. The monoisotopic (exact) mass is 513 g/mol. The first kappa shape index (κ1) is 22.1. The van der Waals surface area contributed by atoms with Crippen molar-refractivity contribution in [3.63, 3.8) is 0 Å². The van der Waals surface area contributed by atoms with E-state index in [1.807, 2.05) is 49.4 Å². The zero-order chi connectivity index (χ0) is 20.8. The first-order valence-electron chi connectivity index (χ1n) is 8.98. The molecule has 0 aliphatic carbocycles. The fourth-order valence-electron chi connectivity index (χ4n) is 2.72. The van der Waals surface area contributed by atoms with E-state index in [2.05, 4.69) is 21.2 Å². The van der Waals surface area contributed by atoms with Crippen molar-refractivity contribution in [2.75, 3.05) is 11.9 Å². The molecule has 152 valence electrons. The van der Waals surface area contributed by atoms with E-state index < -0.39 is 0 Å². The van der Waals surface area contributed by atoms with Crippen molar-refractivity contribution in [3.05, 3.63) is 85.3 Å². The van der Waals surface area contributed by atoms with Crippen LogP contribution in [0.4, 0.5) is 5.69 Å². The Hall–Kier alpha value is -1.59. The fourth-order valence-corrected chi connectivity index (χ4v) is 3.99. The van der Waals surface area contributed by atoms with Crippen molar-refractivity contribution < 1.29 is 9.47 Å². The van der Waals surface area contributed by atoms with Gasteiger partial charge in [0, 0.05) is 22.2 Å². The van der Waals surface area contributed by atoms with Crippen LogP contribution in [0.3, 0.4) is 0 Å². The average molecular weight is 516 g/mol. The van der Waals surface area contributed by atoms with E-state index in [1.54, 1.807) is 12.1 Å². The van der Waals surface area contributed by atoms with Gasteiger partial charge in [-0.3, -0.25) is 0 Å². The lowest BCUT2D eigenvalue weighted by molar-refractivity contribution is 0.267. The van der Waals surface area contributed by atoms with Crippen LogP contribution in [0, 0.1) is 0 Å².